The van der Waals surface area contributed by atoms with Crippen LogP contribution in [-0.4, -0.2) is 17.4 Å². The molecule has 1 aliphatic heterocycles. The summed E-state index contributed by atoms with van der Waals surface area (Å²) in [4.78, 5) is 36.3. The van der Waals surface area contributed by atoms with E-state index in [9.17, 15) is 9.59 Å². The van der Waals surface area contributed by atoms with E-state index in [0.717, 1.165) is 5.56 Å². The van der Waals surface area contributed by atoms with Gasteiger partial charge in [-0.25, -0.2) is 14.7 Å². The van der Waals surface area contributed by atoms with E-state index in [0.29, 0.717) is 11.3 Å². The van der Waals surface area contributed by atoms with Crippen molar-refractivity contribution in [1.29, 1.82) is 0 Å². The number of amides is 2. The molecule has 1 aromatic carbocycles. The lowest BCUT2D eigenvalue weighted by molar-refractivity contribution is -0.401. The van der Waals surface area contributed by atoms with Crippen LogP contribution in [0.3, 0.4) is 0 Å². The van der Waals surface area contributed by atoms with Crippen molar-refractivity contribution in [2.24, 2.45) is 0 Å². The quantitative estimate of drug-likeness (QED) is 0.484. The first-order valence-corrected chi connectivity index (χ1v) is 7.55. The molecule has 1 aromatic rings. The molecule has 1 heterocycles. The number of rotatable bonds is 4. The second kappa shape index (κ2) is 5.91. The largest absolute Gasteiger partial charge is 0.269 e. The van der Waals surface area contributed by atoms with Gasteiger partial charge in [0.2, 0.25) is 0 Å². The third-order valence-corrected chi connectivity index (χ3v) is 3.40. The summed E-state index contributed by atoms with van der Waals surface area (Å²) in [6, 6.07) is 7.17. The highest BCUT2D eigenvalue weighted by Gasteiger charge is 2.32. The fraction of sp³-hybridized carbons (Fsp3) is 0.444. The second-order valence-electron chi connectivity index (χ2n) is 7.15. The summed E-state index contributed by atoms with van der Waals surface area (Å²) in [5.74, 6) is -0.619. The Hall–Kier alpha value is -1.98. The van der Waals surface area contributed by atoms with Crippen LogP contribution in [0.4, 0.5) is 5.69 Å². The Labute approximate surface area is 136 Å². The van der Waals surface area contributed by atoms with Gasteiger partial charge in [-0.05, 0) is 59.2 Å². The van der Waals surface area contributed by atoms with Crippen LogP contribution < -0.4 is 4.90 Å². The van der Waals surface area contributed by atoms with E-state index in [-0.39, 0.29) is 11.8 Å². The smallest absolute Gasteiger partial charge is 0.261 e. The van der Waals surface area contributed by atoms with Crippen LogP contribution in [0, 0.1) is 0 Å². The summed E-state index contributed by atoms with van der Waals surface area (Å²) in [5, 5.41) is 0. The Bertz CT molecular complexity index is 668. The zero-order valence-electron chi connectivity index (χ0n) is 14.5. The average molecular weight is 317 g/mol. The molecule has 5 heteroatoms. The number of hydrogen-bond acceptors (Lipinski definition) is 4. The monoisotopic (exact) mass is 317 g/mol. The van der Waals surface area contributed by atoms with Crippen molar-refractivity contribution in [3.63, 3.8) is 0 Å². The van der Waals surface area contributed by atoms with Crippen molar-refractivity contribution in [3.05, 3.63) is 41.5 Å². The zero-order valence-corrected chi connectivity index (χ0v) is 14.5. The van der Waals surface area contributed by atoms with E-state index in [1.807, 2.05) is 40.7 Å². The molecule has 0 atom stereocenters. The van der Waals surface area contributed by atoms with Gasteiger partial charge in [0.1, 0.15) is 5.60 Å². The van der Waals surface area contributed by atoms with Crippen LogP contribution in [0.15, 0.2) is 35.9 Å². The van der Waals surface area contributed by atoms with E-state index in [4.69, 9.17) is 9.78 Å². The van der Waals surface area contributed by atoms with Gasteiger partial charge in [0, 0.05) is 11.6 Å². The first kappa shape index (κ1) is 17.4. The number of carbonyl (C=O) groups is 2. The Morgan fingerprint density at radius 2 is 1.65 bits per heavy atom. The van der Waals surface area contributed by atoms with Crippen LogP contribution in [-0.2, 0) is 25.0 Å². The van der Waals surface area contributed by atoms with Gasteiger partial charge in [0.25, 0.3) is 11.8 Å². The van der Waals surface area contributed by atoms with Crippen LogP contribution in [0.2, 0.25) is 0 Å². The van der Waals surface area contributed by atoms with E-state index in [1.165, 1.54) is 11.0 Å². The molecular weight excluding hydrogens is 294 g/mol. The minimum atomic E-state index is -0.725. The molecule has 0 spiro atoms. The molecule has 5 nitrogen and oxygen atoms in total. The maximum absolute atomic E-state index is 12.1. The minimum absolute atomic E-state index is 0.295. The predicted octanol–water partition coefficient (Wildman–Crippen LogP) is 3.49. The number of nitrogens with zero attached hydrogens (tertiary/aromatic N) is 1. The van der Waals surface area contributed by atoms with Crippen molar-refractivity contribution in [2.45, 2.75) is 52.7 Å². The van der Waals surface area contributed by atoms with Crippen molar-refractivity contribution >= 4 is 17.5 Å². The first-order chi connectivity index (χ1) is 10.5. The van der Waals surface area contributed by atoms with Gasteiger partial charge < -0.3 is 0 Å². The number of hydrogen-bond donors (Lipinski definition) is 0. The Morgan fingerprint density at radius 1 is 1.00 bits per heavy atom. The third-order valence-electron chi connectivity index (χ3n) is 3.40. The highest BCUT2D eigenvalue weighted by atomic mass is 17.2. The molecule has 0 aromatic heterocycles. The van der Waals surface area contributed by atoms with Gasteiger partial charge in [-0.15, -0.1) is 0 Å². The Kier molecular flexibility index (Phi) is 4.46. The lowest BCUT2D eigenvalue weighted by Gasteiger charge is -2.29. The molecular formula is C18H23NO4. The van der Waals surface area contributed by atoms with Gasteiger partial charge in [-0.2, -0.15) is 0 Å². The molecule has 1 aliphatic rings. The highest BCUT2D eigenvalue weighted by Crippen LogP contribution is 2.31. The molecule has 0 aliphatic carbocycles. The standard InChI is InChI=1S/C18H23NO4/c1-12-10-15(20)19(16(12)21)14-9-7-8-13(11-14)18(5,6)23-22-17(2,3)4/h7-11H,1-6H3. The van der Waals surface area contributed by atoms with Crippen molar-refractivity contribution in [2.75, 3.05) is 4.90 Å². The lowest BCUT2D eigenvalue weighted by atomic mass is 9.97. The topological polar surface area (TPSA) is 55.8 Å². The summed E-state index contributed by atoms with van der Waals surface area (Å²) in [6.07, 6.45) is 1.35. The van der Waals surface area contributed by atoms with Crippen molar-refractivity contribution < 1.29 is 19.4 Å². The molecule has 0 fully saturated rings. The van der Waals surface area contributed by atoms with Crippen LogP contribution in [0.1, 0.15) is 47.1 Å². The molecule has 0 radical (unpaired) electrons. The predicted molar refractivity (Wildman–Crippen MR) is 87.6 cm³/mol. The molecule has 0 N–H and O–H groups in total. The number of benzene rings is 1. The van der Waals surface area contributed by atoms with Crippen molar-refractivity contribution in [3.8, 4) is 0 Å². The number of carbonyl (C=O) groups excluding carboxylic acids is 2. The number of anilines is 1. The van der Waals surface area contributed by atoms with Gasteiger partial charge in [0.15, 0.2) is 0 Å². The van der Waals surface area contributed by atoms with E-state index in [2.05, 4.69) is 0 Å². The van der Waals surface area contributed by atoms with Crippen molar-refractivity contribution in [1.82, 2.24) is 0 Å². The minimum Gasteiger partial charge on any atom is -0.269 e. The number of imide groups is 1. The first-order valence-electron chi connectivity index (χ1n) is 7.55. The molecule has 0 saturated carbocycles. The van der Waals surface area contributed by atoms with E-state index < -0.39 is 11.2 Å². The van der Waals surface area contributed by atoms with E-state index in [1.54, 1.807) is 25.1 Å². The molecule has 2 amide bonds. The summed E-state index contributed by atoms with van der Waals surface area (Å²) < 4.78 is 0. The molecule has 0 bridgehead atoms. The van der Waals surface area contributed by atoms with Crippen LogP contribution in [0.5, 0.6) is 0 Å². The Balaban J connectivity index is 2.27. The molecule has 124 valence electrons. The summed E-state index contributed by atoms with van der Waals surface area (Å²) in [7, 11) is 0. The maximum Gasteiger partial charge on any atom is 0.261 e. The summed E-state index contributed by atoms with van der Waals surface area (Å²) in [5.41, 5.74) is 0.614. The van der Waals surface area contributed by atoms with Gasteiger partial charge in [-0.3, -0.25) is 9.59 Å². The molecule has 2 rings (SSSR count). The van der Waals surface area contributed by atoms with Gasteiger partial charge >= 0.3 is 0 Å². The lowest BCUT2D eigenvalue weighted by Crippen LogP contribution is -2.32. The van der Waals surface area contributed by atoms with Crippen LogP contribution in [0.25, 0.3) is 0 Å². The van der Waals surface area contributed by atoms with E-state index >= 15 is 0 Å². The molecule has 23 heavy (non-hydrogen) atoms. The second-order valence-corrected chi connectivity index (χ2v) is 7.15. The molecule has 0 unspecified atom stereocenters. The molecule has 0 saturated heterocycles. The fourth-order valence-corrected chi connectivity index (χ4v) is 2.13. The normalized spacial score (nSPS) is 16.1. The average Bonchev–Trinajstić information content (AvgIpc) is 2.70. The summed E-state index contributed by atoms with van der Waals surface area (Å²) >= 11 is 0. The van der Waals surface area contributed by atoms with Gasteiger partial charge in [-0.1, -0.05) is 12.1 Å². The highest BCUT2D eigenvalue weighted by molar-refractivity contribution is 6.30. The summed E-state index contributed by atoms with van der Waals surface area (Å²) in [6.45, 7) is 11.1. The van der Waals surface area contributed by atoms with Crippen LogP contribution >= 0.6 is 0 Å². The zero-order chi connectivity index (χ0) is 17.4. The fourth-order valence-electron chi connectivity index (χ4n) is 2.13. The van der Waals surface area contributed by atoms with Gasteiger partial charge in [0.05, 0.1) is 11.3 Å². The SMILES string of the molecule is CC1=CC(=O)N(c2cccc(C(C)(C)OOC(C)(C)C)c2)C1=O. The third kappa shape index (κ3) is 3.86. The maximum atomic E-state index is 12.1. The Morgan fingerprint density at radius 3 is 2.17 bits per heavy atom.